The van der Waals surface area contributed by atoms with Gasteiger partial charge in [-0.25, -0.2) is 9.18 Å². The summed E-state index contributed by atoms with van der Waals surface area (Å²) >= 11 is 0. The molecule has 1 aromatic carbocycles. The normalized spacial score (nSPS) is 9.88. The highest BCUT2D eigenvalue weighted by molar-refractivity contribution is 5.97. The third-order valence-corrected chi connectivity index (χ3v) is 1.85. The molecular formula is C11H11FO4. The van der Waals surface area contributed by atoms with Crippen LogP contribution in [0.25, 0.3) is 0 Å². The van der Waals surface area contributed by atoms with Crippen LogP contribution in [0.5, 0.6) is 0 Å². The standard InChI is InChI=1S/C11H11FO4/c1-15-11(14)7-16-6-10(13)8-2-4-9(12)5-3-8/h2-5H,6-7H2,1H3. The molecule has 0 aromatic heterocycles. The van der Waals surface area contributed by atoms with Crippen molar-refractivity contribution in [2.45, 2.75) is 0 Å². The molecule has 4 nitrogen and oxygen atoms in total. The number of carbonyl (C=O) groups is 2. The largest absolute Gasteiger partial charge is 0.467 e. The van der Waals surface area contributed by atoms with Gasteiger partial charge in [0.05, 0.1) is 7.11 Å². The van der Waals surface area contributed by atoms with E-state index in [1.807, 2.05) is 0 Å². The number of halogens is 1. The minimum atomic E-state index is -0.549. The average molecular weight is 226 g/mol. The van der Waals surface area contributed by atoms with Gasteiger partial charge in [0.1, 0.15) is 19.0 Å². The molecule has 5 heteroatoms. The second kappa shape index (κ2) is 5.97. The fourth-order valence-electron chi connectivity index (χ4n) is 1.01. The molecule has 0 unspecified atom stereocenters. The van der Waals surface area contributed by atoms with Crippen LogP contribution in [0.1, 0.15) is 10.4 Å². The third kappa shape index (κ3) is 3.78. The predicted molar refractivity (Wildman–Crippen MR) is 53.6 cm³/mol. The topological polar surface area (TPSA) is 52.6 Å². The lowest BCUT2D eigenvalue weighted by atomic mass is 10.1. The molecule has 0 aliphatic carbocycles. The molecule has 0 N–H and O–H groups in total. The summed E-state index contributed by atoms with van der Waals surface area (Å²) in [7, 11) is 1.23. The Morgan fingerprint density at radius 1 is 1.19 bits per heavy atom. The number of hydrogen-bond acceptors (Lipinski definition) is 4. The Labute approximate surface area is 92.0 Å². The molecule has 0 heterocycles. The molecule has 0 spiro atoms. The lowest BCUT2D eigenvalue weighted by Crippen LogP contribution is -2.15. The number of carbonyl (C=O) groups excluding carboxylic acids is 2. The zero-order valence-corrected chi connectivity index (χ0v) is 8.73. The summed E-state index contributed by atoms with van der Waals surface area (Å²) in [5.41, 5.74) is 0.339. The minimum Gasteiger partial charge on any atom is -0.467 e. The van der Waals surface area contributed by atoms with Crippen LogP contribution in [0.15, 0.2) is 24.3 Å². The van der Waals surface area contributed by atoms with E-state index in [0.717, 1.165) is 0 Å². The van der Waals surface area contributed by atoms with E-state index in [1.165, 1.54) is 31.4 Å². The first-order chi connectivity index (χ1) is 7.63. The van der Waals surface area contributed by atoms with Gasteiger partial charge < -0.3 is 9.47 Å². The van der Waals surface area contributed by atoms with Gasteiger partial charge in [-0.2, -0.15) is 0 Å². The Balaban J connectivity index is 2.41. The van der Waals surface area contributed by atoms with Crippen LogP contribution in [-0.4, -0.2) is 32.1 Å². The monoisotopic (exact) mass is 226 g/mol. The van der Waals surface area contributed by atoms with Crippen molar-refractivity contribution in [2.75, 3.05) is 20.3 Å². The molecule has 0 amide bonds. The van der Waals surface area contributed by atoms with Gasteiger partial charge in [0.15, 0.2) is 5.78 Å². The van der Waals surface area contributed by atoms with Gasteiger partial charge in [-0.05, 0) is 24.3 Å². The van der Waals surface area contributed by atoms with Crippen molar-refractivity contribution in [3.8, 4) is 0 Å². The molecule has 0 fully saturated rings. The van der Waals surface area contributed by atoms with Crippen LogP contribution in [0.4, 0.5) is 4.39 Å². The summed E-state index contributed by atoms with van der Waals surface area (Å²) in [5, 5.41) is 0. The third-order valence-electron chi connectivity index (χ3n) is 1.85. The van der Waals surface area contributed by atoms with Crippen LogP contribution in [0.2, 0.25) is 0 Å². The summed E-state index contributed by atoms with van der Waals surface area (Å²) in [6.45, 7) is -0.510. The van der Waals surface area contributed by atoms with E-state index in [1.54, 1.807) is 0 Å². The van der Waals surface area contributed by atoms with Crippen LogP contribution < -0.4 is 0 Å². The number of methoxy groups -OCH3 is 1. The van der Waals surface area contributed by atoms with Crippen LogP contribution in [-0.2, 0) is 14.3 Å². The quantitative estimate of drug-likeness (QED) is 0.559. The number of Topliss-reactive ketones (excluding diaryl/α,β-unsaturated/α-hetero) is 1. The number of esters is 1. The van der Waals surface area contributed by atoms with Gasteiger partial charge in [0, 0.05) is 5.56 Å². The van der Waals surface area contributed by atoms with Gasteiger partial charge >= 0.3 is 5.97 Å². The molecule has 0 atom stereocenters. The highest BCUT2D eigenvalue weighted by Gasteiger charge is 2.07. The molecule has 1 aromatic rings. The van der Waals surface area contributed by atoms with Gasteiger partial charge in [0.25, 0.3) is 0 Å². The first-order valence-electron chi connectivity index (χ1n) is 4.57. The smallest absolute Gasteiger partial charge is 0.331 e. The Morgan fingerprint density at radius 3 is 2.38 bits per heavy atom. The van der Waals surface area contributed by atoms with Crippen molar-refractivity contribution >= 4 is 11.8 Å². The highest BCUT2D eigenvalue weighted by atomic mass is 19.1. The first kappa shape index (κ1) is 12.3. The summed E-state index contributed by atoms with van der Waals surface area (Å²) in [6.07, 6.45) is 0. The predicted octanol–water partition coefficient (Wildman–Crippen LogP) is 1.20. The summed E-state index contributed by atoms with van der Waals surface area (Å²) in [5.74, 6) is -1.28. The van der Waals surface area contributed by atoms with Crippen LogP contribution in [0, 0.1) is 5.82 Å². The maximum Gasteiger partial charge on any atom is 0.331 e. The molecule has 0 saturated heterocycles. The number of hydrogen-bond donors (Lipinski definition) is 0. The van der Waals surface area contributed by atoms with Gasteiger partial charge in [0.2, 0.25) is 0 Å². The van der Waals surface area contributed by atoms with Crippen molar-refractivity contribution in [3.05, 3.63) is 35.6 Å². The maximum absolute atomic E-state index is 12.6. The Morgan fingerprint density at radius 2 is 1.81 bits per heavy atom. The molecular weight excluding hydrogens is 215 g/mol. The van der Waals surface area contributed by atoms with Crippen LogP contribution >= 0.6 is 0 Å². The number of ether oxygens (including phenoxy) is 2. The Bertz CT molecular complexity index is 372. The van der Waals surface area contributed by atoms with Crippen molar-refractivity contribution in [3.63, 3.8) is 0 Å². The van der Waals surface area contributed by atoms with Crippen molar-refractivity contribution in [2.24, 2.45) is 0 Å². The van der Waals surface area contributed by atoms with E-state index >= 15 is 0 Å². The summed E-state index contributed by atoms with van der Waals surface area (Å²) in [6, 6.07) is 5.10. The number of benzene rings is 1. The molecule has 0 saturated carbocycles. The van der Waals surface area contributed by atoms with E-state index in [4.69, 9.17) is 4.74 Å². The number of rotatable bonds is 5. The lowest BCUT2D eigenvalue weighted by Gasteiger charge is -2.02. The van der Waals surface area contributed by atoms with Gasteiger partial charge in [-0.15, -0.1) is 0 Å². The number of ketones is 1. The molecule has 1 rings (SSSR count). The summed E-state index contributed by atoms with van der Waals surface area (Å²) < 4.78 is 21.7. The Hall–Kier alpha value is -1.75. The zero-order valence-electron chi connectivity index (χ0n) is 8.73. The lowest BCUT2D eigenvalue weighted by molar-refractivity contribution is -0.145. The molecule has 0 aliphatic rings. The van der Waals surface area contributed by atoms with E-state index in [2.05, 4.69) is 4.74 Å². The van der Waals surface area contributed by atoms with E-state index in [9.17, 15) is 14.0 Å². The van der Waals surface area contributed by atoms with Gasteiger partial charge in [-0.3, -0.25) is 4.79 Å². The van der Waals surface area contributed by atoms with Crippen molar-refractivity contribution < 1.29 is 23.5 Å². The maximum atomic E-state index is 12.6. The SMILES string of the molecule is COC(=O)COCC(=O)c1ccc(F)cc1. The van der Waals surface area contributed by atoms with Crippen molar-refractivity contribution in [1.29, 1.82) is 0 Å². The van der Waals surface area contributed by atoms with E-state index < -0.39 is 11.8 Å². The Kier molecular flexibility index (Phi) is 4.60. The molecule has 16 heavy (non-hydrogen) atoms. The highest BCUT2D eigenvalue weighted by Crippen LogP contribution is 2.03. The summed E-state index contributed by atoms with van der Waals surface area (Å²) in [4.78, 5) is 22.1. The fourth-order valence-corrected chi connectivity index (χ4v) is 1.01. The van der Waals surface area contributed by atoms with E-state index in [-0.39, 0.29) is 19.0 Å². The average Bonchev–Trinajstić information content (AvgIpc) is 2.29. The van der Waals surface area contributed by atoms with Gasteiger partial charge in [-0.1, -0.05) is 0 Å². The molecule has 0 bridgehead atoms. The van der Waals surface area contributed by atoms with Crippen LogP contribution in [0.3, 0.4) is 0 Å². The molecule has 0 radical (unpaired) electrons. The minimum absolute atomic E-state index is 0.235. The van der Waals surface area contributed by atoms with Crippen molar-refractivity contribution in [1.82, 2.24) is 0 Å². The molecule has 0 aliphatic heterocycles. The zero-order chi connectivity index (χ0) is 12.0. The van der Waals surface area contributed by atoms with E-state index in [0.29, 0.717) is 5.56 Å². The second-order valence-electron chi connectivity index (χ2n) is 3.00. The second-order valence-corrected chi connectivity index (χ2v) is 3.00. The molecule has 86 valence electrons. The first-order valence-corrected chi connectivity index (χ1v) is 4.57. The fraction of sp³-hybridized carbons (Fsp3) is 0.273.